The second kappa shape index (κ2) is 9.93. The second-order valence-electron chi connectivity index (χ2n) is 7.48. The summed E-state index contributed by atoms with van der Waals surface area (Å²) in [7, 11) is 1.91. The van der Waals surface area contributed by atoms with Gasteiger partial charge in [-0.25, -0.2) is 0 Å². The summed E-state index contributed by atoms with van der Waals surface area (Å²) in [6, 6.07) is 8.67. The molecule has 4 nitrogen and oxygen atoms in total. The number of carbonyl (C=O) groups is 1. The molecular formula is C21H35N3O. The van der Waals surface area contributed by atoms with E-state index >= 15 is 0 Å². The van der Waals surface area contributed by atoms with Gasteiger partial charge in [-0.2, -0.15) is 0 Å². The molecule has 0 spiro atoms. The van der Waals surface area contributed by atoms with Crippen molar-refractivity contribution in [1.82, 2.24) is 14.7 Å². The molecule has 0 atom stereocenters. The van der Waals surface area contributed by atoms with E-state index in [1.807, 2.05) is 24.1 Å². The number of likely N-dealkylation sites (N-methyl/N-ethyl adjacent to an activating group) is 1. The summed E-state index contributed by atoms with van der Waals surface area (Å²) in [5.74, 6) is 0.125. The topological polar surface area (TPSA) is 26.8 Å². The Morgan fingerprint density at radius 1 is 1.12 bits per heavy atom. The van der Waals surface area contributed by atoms with Crippen LogP contribution >= 0.6 is 0 Å². The highest BCUT2D eigenvalue weighted by Gasteiger charge is 2.15. The van der Waals surface area contributed by atoms with E-state index in [-0.39, 0.29) is 5.91 Å². The lowest BCUT2D eigenvalue weighted by atomic mass is 10.1. The Morgan fingerprint density at radius 2 is 1.76 bits per heavy atom. The van der Waals surface area contributed by atoms with Crippen LogP contribution < -0.4 is 0 Å². The maximum Gasteiger partial charge on any atom is 0.253 e. The minimum Gasteiger partial charge on any atom is -0.340 e. The van der Waals surface area contributed by atoms with Crippen LogP contribution in [0.3, 0.4) is 0 Å². The zero-order valence-electron chi connectivity index (χ0n) is 16.5. The summed E-state index contributed by atoms with van der Waals surface area (Å²) in [5.41, 5.74) is 2.06. The van der Waals surface area contributed by atoms with Crippen LogP contribution in [-0.4, -0.2) is 66.4 Å². The van der Waals surface area contributed by atoms with E-state index in [1.54, 1.807) is 0 Å². The van der Waals surface area contributed by atoms with Gasteiger partial charge in [0.25, 0.3) is 5.91 Å². The molecule has 0 saturated carbocycles. The van der Waals surface area contributed by atoms with Crippen LogP contribution in [0.2, 0.25) is 0 Å². The van der Waals surface area contributed by atoms with Crippen LogP contribution in [0, 0.1) is 0 Å². The fourth-order valence-electron chi connectivity index (χ4n) is 3.44. The van der Waals surface area contributed by atoms with Crippen molar-refractivity contribution in [3.05, 3.63) is 35.4 Å². The van der Waals surface area contributed by atoms with Crippen LogP contribution in [0.1, 0.15) is 56.0 Å². The van der Waals surface area contributed by atoms with E-state index < -0.39 is 0 Å². The first-order valence-corrected chi connectivity index (χ1v) is 9.82. The molecule has 1 fully saturated rings. The molecule has 4 heteroatoms. The first-order valence-electron chi connectivity index (χ1n) is 9.82. The first kappa shape index (κ1) is 19.9. The van der Waals surface area contributed by atoms with Gasteiger partial charge in [-0.3, -0.25) is 9.69 Å². The Bertz CT molecular complexity index is 520. The number of amides is 1. The number of carbonyl (C=O) groups excluding carboxylic acids is 1. The minimum absolute atomic E-state index is 0.125. The van der Waals surface area contributed by atoms with Gasteiger partial charge in [-0.05, 0) is 64.0 Å². The van der Waals surface area contributed by atoms with Crippen molar-refractivity contribution in [3.63, 3.8) is 0 Å². The SMILES string of the molecule is CCN(Cc1ccc(C(=O)N(C)CCN2CCCCC2)cc1)C(C)C. The van der Waals surface area contributed by atoms with Gasteiger partial charge >= 0.3 is 0 Å². The Morgan fingerprint density at radius 3 is 2.32 bits per heavy atom. The van der Waals surface area contributed by atoms with Crippen LogP contribution in [0.4, 0.5) is 0 Å². The second-order valence-corrected chi connectivity index (χ2v) is 7.48. The van der Waals surface area contributed by atoms with Crippen LogP contribution in [0.5, 0.6) is 0 Å². The zero-order valence-corrected chi connectivity index (χ0v) is 16.5. The number of hydrogen-bond acceptors (Lipinski definition) is 3. The molecule has 25 heavy (non-hydrogen) atoms. The van der Waals surface area contributed by atoms with E-state index in [1.165, 1.54) is 37.9 Å². The quantitative estimate of drug-likeness (QED) is 0.722. The minimum atomic E-state index is 0.125. The van der Waals surface area contributed by atoms with Crippen LogP contribution in [-0.2, 0) is 6.54 Å². The maximum absolute atomic E-state index is 12.6. The summed E-state index contributed by atoms with van der Waals surface area (Å²) < 4.78 is 0. The molecule has 1 aromatic rings. The Labute approximate surface area is 153 Å². The predicted molar refractivity (Wildman–Crippen MR) is 105 cm³/mol. The van der Waals surface area contributed by atoms with Gasteiger partial charge in [0, 0.05) is 38.3 Å². The molecule has 1 heterocycles. The van der Waals surface area contributed by atoms with Crippen molar-refractivity contribution in [3.8, 4) is 0 Å². The number of rotatable bonds is 8. The third kappa shape index (κ3) is 6.12. The summed E-state index contributed by atoms with van der Waals surface area (Å²) in [4.78, 5) is 19.4. The molecule has 1 aromatic carbocycles. The van der Waals surface area contributed by atoms with Gasteiger partial charge in [0.15, 0.2) is 0 Å². The Kier molecular flexibility index (Phi) is 7.91. The van der Waals surface area contributed by atoms with Crippen molar-refractivity contribution in [2.45, 2.75) is 52.6 Å². The molecule has 1 aliphatic rings. The van der Waals surface area contributed by atoms with Gasteiger partial charge in [-0.1, -0.05) is 25.5 Å². The molecule has 1 saturated heterocycles. The normalized spacial score (nSPS) is 15.8. The summed E-state index contributed by atoms with van der Waals surface area (Å²) >= 11 is 0. The number of nitrogens with zero attached hydrogens (tertiary/aromatic N) is 3. The fraction of sp³-hybridized carbons (Fsp3) is 0.667. The third-order valence-electron chi connectivity index (χ3n) is 5.27. The zero-order chi connectivity index (χ0) is 18.2. The van der Waals surface area contributed by atoms with Gasteiger partial charge in [-0.15, -0.1) is 0 Å². The lowest BCUT2D eigenvalue weighted by Gasteiger charge is -2.28. The first-order chi connectivity index (χ1) is 12.0. The van der Waals surface area contributed by atoms with Crippen LogP contribution in [0.15, 0.2) is 24.3 Å². The monoisotopic (exact) mass is 345 g/mol. The van der Waals surface area contributed by atoms with E-state index in [9.17, 15) is 4.79 Å². The molecule has 1 aliphatic heterocycles. The fourth-order valence-corrected chi connectivity index (χ4v) is 3.44. The highest BCUT2D eigenvalue weighted by atomic mass is 16.2. The van der Waals surface area contributed by atoms with Crippen LogP contribution in [0.25, 0.3) is 0 Å². The predicted octanol–water partition coefficient (Wildman–Crippen LogP) is 3.47. The number of benzene rings is 1. The van der Waals surface area contributed by atoms with E-state index in [0.717, 1.165) is 31.7 Å². The molecule has 0 N–H and O–H groups in total. The summed E-state index contributed by atoms with van der Waals surface area (Å²) in [6.07, 6.45) is 3.94. The van der Waals surface area contributed by atoms with Gasteiger partial charge < -0.3 is 9.80 Å². The van der Waals surface area contributed by atoms with Crippen molar-refractivity contribution < 1.29 is 4.79 Å². The maximum atomic E-state index is 12.6. The van der Waals surface area contributed by atoms with Crippen molar-refractivity contribution in [2.75, 3.05) is 39.8 Å². The molecule has 2 rings (SSSR count). The summed E-state index contributed by atoms with van der Waals surface area (Å²) in [6.45, 7) is 12.8. The average molecular weight is 346 g/mol. The van der Waals surface area contributed by atoms with Crippen molar-refractivity contribution in [1.29, 1.82) is 0 Å². The molecular weight excluding hydrogens is 310 g/mol. The molecule has 0 radical (unpaired) electrons. The van der Waals surface area contributed by atoms with Gasteiger partial charge in [0.2, 0.25) is 0 Å². The molecule has 140 valence electrons. The van der Waals surface area contributed by atoms with Gasteiger partial charge in [0.05, 0.1) is 0 Å². The lowest BCUT2D eigenvalue weighted by Crippen LogP contribution is -2.38. The molecule has 1 amide bonds. The number of piperidine rings is 1. The molecule has 0 aliphatic carbocycles. The summed E-state index contributed by atoms with van der Waals surface area (Å²) in [5, 5.41) is 0. The highest BCUT2D eigenvalue weighted by Crippen LogP contribution is 2.12. The lowest BCUT2D eigenvalue weighted by molar-refractivity contribution is 0.0773. The van der Waals surface area contributed by atoms with E-state index in [0.29, 0.717) is 6.04 Å². The highest BCUT2D eigenvalue weighted by molar-refractivity contribution is 5.94. The Balaban J connectivity index is 1.86. The standard InChI is InChI=1S/C21H35N3O/c1-5-24(18(2)3)17-19-9-11-20(12-10-19)21(25)22(4)15-16-23-13-7-6-8-14-23/h9-12,18H,5-8,13-17H2,1-4H3. The number of likely N-dealkylation sites (tertiary alicyclic amines) is 1. The molecule has 0 unspecified atom stereocenters. The molecule has 0 bridgehead atoms. The third-order valence-corrected chi connectivity index (χ3v) is 5.27. The Hall–Kier alpha value is -1.39. The number of hydrogen-bond donors (Lipinski definition) is 0. The largest absolute Gasteiger partial charge is 0.340 e. The van der Waals surface area contributed by atoms with E-state index in [4.69, 9.17) is 0 Å². The van der Waals surface area contributed by atoms with E-state index in [2.05, 4.69) is 42.7 Å². The molecule has 0 aromatic heterocycles. The van der Waals surface area contributed by atoms with Crippen molar-refractivity contribution >= 4 is 5.91 Å². The average Bonchev–Trinajstić information content (AvgIpc) is 2.64. The van der Waals surface area contributed by atoms with Crippen molar-refractivity contribution in [2.24, 2.45) is 0 Å². The smallest absolute Gasteiger partial charge is 0.253 e. The van der Waals surface area contributed by atoms with Gasteiger partial charge in [0.1, 0.15) is 0 Å².